The first kappa shape index (κ1) is 17.7. The van der Waals surface area contributed by atoms with Crippen LogP contribution in [0, 0.1) is 11.6 Å². The second-order valence-corrected chi connectivity index (χ2v) is 6.31. The molecule has 4 rings (SSSR count). The summed E-state index contributed by atoms with van der Waals surface area (Å²) >= 11 is 0. The molecule has 8 nitrogen and oxygen atoms in total. The van der Waals surface area contributed by atoms with Gasteiger partial charge in [-0.15, -0.1) is 0 Å². The van der Waals surface area contributed by atoms with Crippen LogP contribution in [0.2, 0.25) is 0 Å². The zero-order chi connectivity index (χ0) is 19.3. The largest absolute Gasteiger partial charge is 0.387 e. The molecule has 0 unspecified atom stereocenters. The maximum atomic E-state index is 13.4. The van der Waals surface area contributed by atoms with Crippen molar-refractivity contribution in [1.82, 2.24) is 14.5 Å². The topological polar surface area (TPSA) is 127 Å². The number of ether oxygens (including phenoxy) is 1. The van der Waals surface area contributed by atoms with Gasteiger partial charge in [0.1, 0.15) is 42.2 Å². The minimum absolute atomic E-state index is 0.00901. The second-order valence-electron chi connectivity index (χ2n) is 6.31. The number of aliphatic hydroxyl groups excluding tert-OH is 3. The lowest BCUT2D eigenvalue weighted by Crippen LogP contribution is -2.34. The first-order valence-electron chi connectivity index (χ1n) is 8.10. The maximum Gasteiger partial charge on any atom is 0.164 e. The highest BCUT2D eigenvalue weighted by Gasteiger charge is 2.47. The van der Waals surface area contributed by atoms with E-state index < -0.39 is 42.3 Å². The Morgan fingerprint density at radius 2 is 1.89 bits per heavy atom. The van der Waals surface area contributed by atoms with Crippen molar-refractivity contribution in [3.8, 4) is 0 Å². The summed E-state index contributed by atoms with van der Waals surface area (Å²) in [6.45, 7) is 0. The van der Waals surface area contributed by atoms with Gasteiger partial charge in [0, 0.05) is 6.20 Å². The number of benzene rings is 1. The van der Waals surface area contributed by atoms with Crippen molar-refractivity contribution in [2.75, 3.05) is 5.73 Å². The molecule has 2 aromatic heterocycles. The van der Waals surface area contributed by atoms with Gasteiger partial charge in [-0.25, -0.2) is 18.7 Å². The number of aromatic nitrogens is 3. The Bertz CT molecular complexity index is 998. The maximum absolute atomic E-state index is 13.4. The molecule has 1 fully saturated rings. The summed E-state index contributed by atoms with van der Waals surface area (Å²) in [6.07, 6.45) is -3.90. The number of nitrogens with two attached hydrogens (primary N) is 1. The van der Waals surface area contributed by atoms with Crippen LogP contribution in [0.5, 0.6) is 0 Å². The molecular weight excluding hydrogens is 362 g/mol. The third-order valence-corrected chi connectivity index (χ3v) is 4.69. The molecule has 142 valence electrons. The van der Waals surface area contributed by atoms with E-state index in [1.54, 1.807) is 12.3 Å². The molecule has 0 radical (unpaired) electrons. The van der Waals surface area contributed by atoms with Gasteiger partial charge < -0.3 is 30.4 Å². The van der Waals surface area contributed by atoms with Crippen LogP contribution in [0.1, 0.15) is 17.9 Å². The van der Waals surface area contributed by atoms with Gasteiger partial charge in [0.05, 0.1) is 5.39 Å². The molecule has 1 aromatic carbocycles. The molecule has 10 heteroatoms. The van der Waals surface area contributed by atoms with Crippen molar-refractivity contribution in [2.45, 2.75) is 30.6 Å². The molecule has 5 atom stereocenters. The summed E-state index contributed by atoms with van der Waals surface area (Å²) in [6, 6.07) is 4.49. The van der Waals surface area contributed by atoms with E-state index in [0.29, 0.717) is 11.0 Å². The summed E-state index contributed by atoms with van der Waals surface area (Å²) in [5, 5.41) is 31.7. The minimum Gasteiger partial charge on any atom is -0.387 e. The number of halogens is 2. The van der Waals surface area contributed by atoms with Crippen LogP contribution in [-0.2, 0) is 4.74 Å². The normalized spacial score (nSPS) is 26.6. The van der Waals surface area contributed by atoms with Crippen LogP contribution in [0.3, 0.4) is 0 Å². The van der Waals surface area contributed by atoms with Crippen molar-refractivity contribution in [3.63, 3.8) is 0 Å². The Kier molecular flexibility index (Phi) is 4.27. The molecular formula is C17H16F2N4O4. The average molecular weight is 378 g/mol. The monoisotopic (exact) mass is 378 g/mol. The van der Waals surface area contributed by atoms with Gasteiger partial charge in [0.15, 0.2) is 17.9 Å². The SMILES string of the molecule is Nc1ncnc2c1ccn2[C@@H]1O[C@H]([C@H](O)c2ccc(F)c(F)c2)[C@@H](O)[C@H]1O. The number of aliphatic hydroxyl groups is 3. The van der Waals surface area contributed by atoms with Crippen LogP contribution >= 0.6 is 0 Å². The van der Waals surface area contributed by atoms with E-state index in [9.17, 15) is 24.1 Å². The lowest BCUT2D eigenvalue weighted by atomic mass is 9.99. The average Bonchev–Trinajstić information content (AvgIpc) is 3.20. The third-order valence-electron chi connectivity index (χ3n) is 4.69. The smallest absolute Gasteiger partial charge is 0.164 e. The fraction of sp³-hybridized carbons (Fsp3) is 0.294. The molecule has 1 aliphatic rings. The van der Waals surface area contributed by atoms with E-state index in [4.69, 9.17) is 10.5 Å². The molecule has 0 aliphatic carbocycles. The standard InChI is InChI=1S/C17H16F2N4O4/c18-9-2-1-7(5-10(9)19)11(24)14-12(25)13(26)17(27-14)23-4-3-8-15(20)21-6-22-16(8)23/h1-6,11-14,17,24-26H,(H2,20,21,22)/t11-,12+,13-,14-,17-/m1/s1. The number of nitrogens with zero attached hydrogens (tertiary/aromatic N) is 3. The van der Waals surface area contributed by atoms with Crippen LogP contribution in [0.15, 0.2) is 36.8 Å². The lowest BCUT2D eigenvalue weighted by molar-refractivity contribution is -0.0849. The van der Waals surface area contributed by atoms with Crippen LogP contribution in [0.4, 0.5) is 14.6 Å². The van der Waals surface area contributed by atoms with Crippen molar-refractivity contribution in [1.29, 1.82) is 0 Å². The van der Waals surface area contributed by atoms with Gasteiger partial charge in [0.2, 0.25) is 0 Å². The lowest BCUT2D eigenvalue weighted by Gasteiger charge is -2.21. The van der Waals surface area contributed by atoms with Crippen molar-refractivity contribution < 1.29 is 28.8 Å². The van der Waals surface area contributed by atoms with Gasteiger partial charge in [-0.3, -0.25) is 0 Å². The van der Waals surface area contributed by atoms with E-state index in [2.05, 4.69) is 9.97 Å². The molecule has 0 amide bonds. The number of anilines is 1. The number of rotatable bonds is 3. The van der Waals surface area contributed by atoms with Gasteiger partial charge >= 0.3 is 0 Å². The van der Waals surface area contributed by atoms with Gasteiger partial charge in [-0.1, -0.05) is 6.07 Å². The zero-order valence-electron chi connectivity index (χ0n) is 13.8. The van der Waals surface area contributed by atoms with Crippen LogP contribution in [0.25, 0.3) is 11.0 Å². The van der Waals surface area contributed by atoms with E-state index in [1.165, 1.54) is 17.0 Å². The first-order chi connectivity index (χ1) is 12.9. The quantitative estimate of drug-likeness (QED) is 0.527. The van der Waals surface area contributed by atoms with E-state index in [-0.39, 0.29) is 11.4 Å². The highest BCUT2D eigenvalue weighted by molar-refractivity contribution is 5.86. The molecule has 5 N–H and O–H groups in total. The molecule has 0 saturated carbocycles. The Balaban J connectivity index is 1.66. The van der Waals surface area contributed by atoms with Crippen molar-refractivity contribution in [3.05, 3.63) is 54.0 Å². The van der Waals surface area contributed by atoms with Crippen LogP contribution in [-0.4, -0.2) is 48.2 Å². The number of hydrogen-bond donors (Lipinski definition) is 4. The first-order valence-corrected chi connectivity index (χ1v) is 8.10. The Hall–Kier alpha value is -2.66. The highest BCUT2D eigenvalue weighted by Crippen LogP contribution is 2.37. The molecule has 3 heterocycles. The number of nitrogen functional groups attached to an aromatic ring is 1. The van der Waals surface area contributed by atoms with Crippen LogP contribution < -0.4 is 5.73 Å². The molecule has 0 bridgehead atoms. The second kappa shape index (κ2) is 6.50. The van der Waals surface area contributed by atoms with E-state index in [1.807, 2.05) is 0 Å². The van der Waals surface area contributed by atoms with Gasteiger partial charge in [-0.05, 0) is 23.8 Å². The molecule has 3 aromatic rings. The van der Waals surface area contributed by atoms with Crippen molar-refractivity contribution in [2.24, 2.45) is 0 Å². The number of fused-ring (bicyclic) bond motifs is 1. The van der Waals surface area contributed by atoms with Gasteiger partial charge in [-0.2, -0.15) is 0 Å². The highest BCUT2D eigenvalue weighted by atomic mass is 19.2. The number of hydrogen-bond acceptors (Lipinski definition) is 7. The summed E-state index contributed by atoms with van der Waals surface area (Å²) in [4.78, 5) is 7.97. The zero-order valence-corrected chi connectivity index (χ0v) is 13.8. The Labute approximate surface area is 151 Å². The van der Waals surface area contributed by atoms with Gasteiger partial charge in [0.25, 0.3) is 0 Å². The fourth-order valence-electron chi connectivity index (χ4n) is 3.26. The predicted octanol–water partition coefficient (Wildman–Crippen LogP) is 0.644. The van der Waals surface area contributed by atoms with E-state index in [0.717, 1.165) is 12.1 Å². The predicted molar refractivity (Wildman–Crippen MR) is 89.2 cm³/mol. The summed E-state index contributed by atoms with van der Waals surface area (Å²) < 4.78 is 33.7. The molecule has 0 spiro atoms. The molecule has 1 aliphatic heterocycles. The Morgan fingerprint density at radius 3 is 2.63 bits per heavy atom. The van der Waals surface area contributed by atoms with Crippen molar-refractivity contribution >= 4 is 16.9 Å². The Morgan fingerprint density at radius 1 is 1.11 bits per heavy atom. The fourth-order valence-corrected chi connectivity index (χ4v) is 3.26. The minimum atomic E-state index is -1.49. The summed E-state index contributed by atoms with van der Waals surface area (Å²) in [7, 11) is 0. The molecule has 1 saturated heterocycles. The summed E-state index contributed by atoms with van der Waals surface area (Å²) in [5.41, 5.74) is 6.17. The molecule has 27 heavy (non-hydrogen) atoms. The third kappa shape index (κ3) is 2.82. The van der Waals surface area contributed by atoms with E-state index >= 15 is 0 Å². The summed E-state index contributed by atoms with van der Waals surface area (Å²) in [5.74, 6) is -1.96.